The van der Waals surface area contributed by atoms with E-state index in [1.807, 2.05) is 0 Å². The highest BCUT2D eigenvalue weighted by molar-refractivity contribution is 6.61. The van der Waals surface area contributed by atoms with Crippen molar-refractivity contribution in [3.8, 4) is 0 Å². The van der Waals surface area contributed by atoms with Crippen LogP contribution in [0, 0.1) is 0 Å². The fourth-order valence-corrected chi connectivity index (χ4v) is 4.19. The van der Waals surface area contributed by atoms with Crippen LogP contribution in [0.5, 0.6) is 0 Å². The van der Waals surface area contributed by atoms with E-state index in [4.69, 9.17) is 0 Å². The summed E-state index contributed by atoms with van der Waals surface area (Å²) in [7, 11) is -3.05. The molecule has 0 amide bonds. The van der Waals surface area contributed by atoms with Gasteiger partial charge in [-0.2, -0.15) is 0 Å². The topological polar surface area (TPSA) is 80.9 Å². The van der Waals surface area contributed by atoms with Crippen molar-refractivity contribution < 1.29 is 20.1 Å². The van der Waals surface area contributed by atoms with Crippen molar-refractivity contribution in [2.75, 3.05) is 0 Å². The normalized spacial score (nSPS) is 11.1. The van der Waals surface area contributed by atoms with Crippen LogP contribution < -0.4 is 10.9 Å². The molecule has 4 nitrogen and oxygen atoms in total. The Bertz CT molecular complexity index is 515. The predicted octanol–water partition coefficient (Wildman–Crippen LogP) is 3.63. The van der Waals surface area contributed by atoms with Crippen LogP contribution in [0.4, 0.5) is 0 Å². The first-order valence-electron chi connectivity index (χ1n) is 12.4. The van der Waals surface area contributed by atoms with Crippen molar-refractivity contribution in [3.63, 3.8) is 0 Å². The van der Waals surface area contributed by atoms with Gasteiger partial charge in [0, 0.05) is 0 Å². The van der Waals surface area contributed by atoms with Gasteiger partial charge >= 0.3 is 14.2 Å². The van der Waals surface area contributed by atoms with Gasteiger partial charge in [0.15, 0.2) is 0 Å². The Morgan fingerprint density at radius 3 is 1.10 bits per heavy atom. The average Bonchev–Trinajstić information content (AvgIpc) is 2.72. The third-order valence-corrected chi connectivity index (χ3v) is 6.06. The summed E-state index contributed by atoms with van der Waals surface area (Å²) >= 11 is 0. The molecular formula is C24H44B2O4. The Kier molecular flexibility index (Phi) is 15.3. The van der Waals surface area contributed by atoms with E-state index in [9.17, 15) is 20.1 Å². The second-order valence-corrected chi connectivity index (χ2v) is 8.74. The molecule has 4 N–H and O–H groups in total. The summed E-state index contributed by atoms with van der Waals surface area (Å²) in [5.41, 5.74) is 2.68. The maximum absolute atomic E-state index is 9.88. The highest BCUT2D eigenvalue weighted by atomic mass is 16.4. The van der Waals surface area contributed by atoms with Crippen molar-refractivity contribution in [2.24, 2.45) is 0 Å². The first-order valence-corrected chi connectivity index (χ1v) is 12.4. The fraction of sp³-hybridized carbons (Fsp3) is 0.750. The maximum atomic E-state index is 9.88. The van der Waals surface area contributed by atoms with Gasteiger partial charge in [-0.3, -0.25) is 0 Å². The first kappa shape index (κ1) is 27.2. The quantitative estimate of drug-likeness (QED) is 0.217. The minimum absolute atomic E-state index is 0.517. The lowest BCUT2D eigenvalue weighted by Crippen LogP contribution is -2.40. The van der Waals surface area contributed by atoms with Crippen LogP contribution in [0.2, 0.25) is 0 Å². The van der Waals surface area contributed by atoms with Gasteiger partial charge in [-0.15, -0.1) is 0 Å². The van der Waals surface area contributed by atoms with Crippen LogP contribution in [0.15, 0.2) is 12.1 Å². The molecule has 0 bridgehead atoms. The van der Waals surface area contributed by atoms with E-state index >= 15 is 0 Å². The predicted molar refractivity (Wildman–Crippen MR) is 129 cm³/mol. The van der Waals surface area contributed by atoms with E-state index < -0.39 is 14.2 Å². The molecule has 0 saturated heterocycles. The van der Waals surface area contributed by atoms with E-state index in [1.54, 1.807) is 12.1 Å². The number of aryl methyl sites for hydroxylation is 2. The first-order chi connectivity index (χ1) is 14.5. The second kappa shape index (κ2) is 16.8. The second-order valence-electron chi connectivity index (χ2n) is 8.74. The minimum atomic E-state index is -1.53. The van der Waals surface area contributed by atoms with Gasteiger partial charge in [0.25, 0.3) is 0 Å². The molecule has 170 valence electrons. The monoisotopic (exact) mass is 418 g/mol. The molecule has 0 aliphatic heterocycles. The Hall–Kier alpha value is -0.810. The van der Waals surface area contributed by atoms with Crippen LogP contribution in [-0.4, -0.2) is 34.3 Å². The summed E-state index contributed by atoms with van der Waals surface area (Å²) in [6, 6.07) is 3.57. The molecule has 0 aromatic heterocycles. The molecule has 1 aromatic carbocycles. The Morgan fingerprint density at radius 2 is 0.800 bits per heavy atom. The van der Waals surface area contributed by atoms with Crippen molar-refractivity contribution >= 4 is 25.2 Å². The van der Waals surface area contributed by atoms with Crippen molar-refractivity contribution in [2.45, 2.75) is 117 Å². The fourth-order valence-electron chi connectivity index (χ4n) is 4.19. The molecule has 1 aromatic rings. The largest absolute Gasteiger partial charge is 0.488 e. The summed E-state index contributed by atoms with van der Waals surface area (Å²) in [4.78, 5) is 0. The van der Waals surface area contributed by atoms with Crippen molar-refractivity contribution in [1.29, 1.82) is 0 Å². The smallest absolute Gasteiger partial charge is 0.423 e. The zero-order chi connectivity index (χ0) is 22.2. The Labute approximate surface area is 185 Å². The number of hydrogen-bond donors (Lipinski definition) is 4. The Morgan fingerprint density at radius 1 is 0.500 bits per heavy atom. The van der Waals surface area contributed by atoms with Crippen LogP contribution in [0.3, 0.4) is 0 Å². The molecule has 0 spiro atoms. The average molecular weight is 418 g/mol. The zero-order valence-corrected chi connectivity index (χ0v) is 19.4. The summed E-state index contributed by atoms with van der Waals surface area (Å²) in [5, 5.41) is 39.5. The third kappa shape index (κ3) is 11.0. The van der Waals surface area contributed by atoms with Crippen LogP contribution in [0.1, 0.15) is 115 Å². The molecule has 0 radical (unpaired) electrons. The summed E-state index contributed by atoms with van der Waals surface area (Å²) in [6.07, 6.45) is 18.2. The molecule has 0 heterocycles. The highest BCUT2D eigenvalue weighted by Gasteiger charge is 2.23. The van der Waals surface area contributed by atoms with E-state index in [-0.39, 0.29) is 0 Å². The van der Waals surface area contributed by atoms with Crippen LogP contribution in [0.25, 0.3) is 0 Å². The van der Waals surface area contributed by atoms with Gasteiger partial charge < -0.3 is 20.1 Å². The van der Waals surface area contributed by atoms with E-state index in [0.29, 0.717) is 10.9 Å². The maximum Gasteiger partial charge on any atom is 0.488 e. The molecule has 0 unspecified atom stereocenters. The molecule has 0 atom stereocenters. The third-order valence-electron chi connectivity index (χ3n) is 6.06. The standard InChI is InChI=1S/C24H44B2O4/c1-3-5-7-9-11-13-15-17-21-19-24(26(29)30)22(20-23(21)25(27)28)18-16-14-12-10-8-6-4-2/h19-20,27-30H,3-18H2,1-2H3. The summed E-state index contributed by atoms with van der Waals surface area (Å²) in [6.45, 7) is 4.43. The molecule has 30 heavy (non-hydrogen) atoms. The highest BCUT2D eigenvalue weighted by Crippen LogP contribution is 2.13. The molecule has 0 aliphatic rings. The van der Waals surface area contributed by atoms with Gasteiger partial charge in [-0.1, -0.05) is 103 Å². The van der Waals surface area contributed by atoms with E-state index in [1.165, 1.54) is 64.2 Å². The molecule has 0 saturated carbocycles. The number of rotatable bonds is 18. The van der Waals surface area contributed by atoms with Gasteiger partial charge in [-0.05, 0) is 47.7 Å². The molecular weight excluding hydrogens is 374 g/mol. The van der Waals surface area contributed by atoms with Crippen LogP contribution >= 0.6 is 0 Å². The summed E-state index contributed by atoms with van der Waals surface area (Å²) in [5.74, 6) is 0. The van der Waals surface area contributed by atoms with Crippen molar-refractivity contribution in [1.82, 2.24) is 0 Å². The lowest BCUT2D eigenvalue weighted by molar-refractivity contribution is 0.422. The molecule has 0 aliphatic carbocycles. The lowest BCUT2D eigenvalue weighted by Gasteiger charge is -2.16. The lowest BCUT2D eigenvalue weighted by atomic mass is 9.68. The zero-order valence-electron chi connectivity index (χ0n) is 19.4. The van der Waals surface area contributed by atoms with Gasteiger partial charge in [-0.25, -0.2) is 0 Å². The Balaban J connectivity index is 2.66. The van der Waals surface area contributed by atoms with Gasteiger partial charge in [0.2, 0.25) is 0 Å². The number of benzene rings is 1. The molecule has 0 fully saturated rings. The minimum Gasteiger partial charge on any atom is -0.423 e. The van der Waals surface area contributed by atoms with Crippen molar-refractivity contribution in [3.05, 3.63) is 23.3 Å². The SMILES string of the molecule is CCCCCCCCCc1cc(B(O)O)c(CCCCCCCCC)cc1B(O)O. The summed E-state index contributed by atoms with van der Waals surface area (Å²) < 4.78 is 0. The molecule has 1 rings (SSSR count). The number of unbranched alkanes of at least 4 members (excludes halogenated alkanes) is 12. The molecule has 6 heteroatoms. The van der Waals surface area contributed by atoms with Gasteiger partial charge in [0.05, 0.1) is 0 Å². The number of hydrogen-bond acceptors (Lipinski definition) is 4. The van der Waals surface area contributed by atoms with Gasteiger partial charge in [0.1, 0.15) is 0 Å². The van der Waals surface area contributed by atoms with E-state index in [0.717, 1.165) is 49.7 Å². The van der Waals surface area contributed by atoms with Crippen LogP contribution in [-0.2, 0) is 12.8 Å². The van der Waals surface area contributed by atoms with E-state index in [2.05, 4.69) is 13.8 Å².